The van der Waals surface area contributed by atoms with Crippen LogP contribution in [0.5, 0.6) is 0 Å². The van der Waals surface area contributed by atoms with Crippen LogP contribution < -0.4 is 10.6 Å². The highest BCUT2D eigenvalue weighted by atomic mass is 35.5. The smallest absolute Gasteiger partial charge is 0.337 e. The second-order valence-corrected chi connectivity index (χ2v) is 7.01. The van der Waals surface area contributed by atoms with Gasteiger partial charge in [0.15, 0.2) is 17.0 Å². The summed E-state index contributed by atoms with van der Waals surface area (Å²) in [6, 6.07) is 1.82. The van der Waals surface area contributed by atoms with Gasteiger partial charge >= 0.3 is 6.18 Å². The monoisotopic (exact) mass is 433 g/mol. The number of benzene rings is 1. The Kier molecular flexibility index (Phi) is 7.14. The van der Waals surface area contributed by atoms with Crippen LogP contribution in [0, 0.1) is 0 Å². The highest BCUT2D eigenvalue weighted by Gasteiger charge is 2.34. The molecule has 0 aliphatic carbocycles. The van der Waals surface area contributed by atoms with Crippen LogP contribution in [0.4, 0.5) is 18.3 Å². The Morgan fingerprint density at radius 3 is 2.54 bits per heavy atom. The zero-order valence-corrected chi connectivity index (χ0v) is 16.0. The molecule has 2 amide bonds. The van der Waals surface area contributed by atoms with Gasteiger partial charge < -0.3 is 5.32 Å². The summed E-state index contributed by atoms with van der Waals surface area (Å²) in [7, 11) is 0. The molecular weight excluding hydrogens is 419 g/mol. The van der Waals surface area contributed by atoms with E-state index in [9.17, 15) is 27.6 Å². The van der Waals surface area contributed by atoms with Crippen LogP contribution in [0.2, 0.25) is 0 Å². The third-order valence-corrected chi connectivity index (χ3v) is 4.79. The van der Waals surface area contributed by atoms with Crippen molar-refractivity contribution in [3.05, 3.63) is 47.0 Å². The number of carbonyl (C=O) groups is 3. The van der Waals surface area contributed by atoms with Crippen molar-refractivity contribution in [1.29, 1.82) is 0 Å². The summed E-state index contributed by atoms with van der Waals surface area (Å²) in [5.41, 5.74) is -1.43. The van der Waals surface area contributed by atoms with Crippen molar-refractivity contribution in [2.45, 2.75) is 30.9 Å². The first-order chi connectivity index (χ1) is 13.1. The molecule has 0 saturated heterocycles. The van der Waals surface area contributed by atoms with E-state index >= 15 is 0 Å². The standard InChI is InChI=1S/C17H15ClF3N3O3S/c1-2-11(18)14(26)23-12(15(27)24-16-22-6-7-28-16)13(25)9-4-3-5-10(8-9)17(19,20)21/h3-8,11-12H,2H2,1H3,(H,23,26)(H,22,24,27). The van der Waals surface area contributed by atoms with Crippen molar-refractivity contribution < 1.29 is 27.6 Å². The van der Waals surface area contributed by atoms with Gasteiger partial charge in [0.1, 0.15) is 5.38 Å². The van der Waals surface area contributed by atoms with Gasteiger partial charge in [-0.15, -0.1) is 22.9 Å². The Labute approximate surface area is 167 Å². The van der Waals surface area contributed by atoms with Gasteiger partial charge in [0.2, 0.25) is 5.91 Å². The van der Waals surface area contributed by atoms with Crippen molar-refractivity contribution in [3.63, 3.8) is 0 Å². The third kappa shape index (κ3) is 5.52. The molecule has 2 N–H and O–H groups in total. The maximum absolute atomic E-state index is 12.9. The molecule has 0 saturated carbocycles. The van der Waals surface area contributed by atoms with Gasteiger partial charge in [-0.25, -0.2) is 4.98 Å². The first-order valence-electron chi connectivity index (χ1n) is 7.99. The van der Waals surface area contributed by atoms with Crippen LogP contribution in [-0.2, 0) is 15.8 Å². The lowest BCUT2D eigenvalue weighted by Crippen LogP contribution is -2.51. The fourth-order valence-electron chi connectivity index (χ4n) is 2.15. The Hall–Kier alpha value is -2.46. The molecule has 0 radical (unpaired) electrons. The van der Waals surface area contributed by atoms with Crippen LogP contribution in [0.15, 0.2) is 35.8 Å². The third-order valence-electron chi connectivity index (χ3n) is 3.59. The summed E-state index contributed by atoms with van der Waals surface area (Å²) >= 11 is 6.90. The van der Waals surface area contributed by atoms with E-state index in [1.54, 1.807) is 12.3 Å². The zero-order valence-electron chi connectivity index (χ0n) is 14.4. The number of Topliss-reactive ketones (excluding diaryl/α,β-unsaturated/α-hetero) is 1. The molecule has 2 aromatic rings. The summed E-state index contributed by atoms with van der Waals surface area (Å²) in [6.45, 7) is 1.62. The van der Waals surface area contributed by atoms with Gasteiger partial charge in [-0.1, -0.05) is 19.1 Å². The number of nitrogens with one attached hydrogen (secondary N) is 2. The highest BCUT2D eigenvalue weighted by molar-refractivity contribution is 7.13. The number of anilines is 1. The second-order valence-electron chi connectivity index (χ2n) is 5.59. The maximum atomic E-state index is 12.9. The van der Waals surface area contributed by atoms with Gasteiger partial charge in [0.05, 0.1) is 5.56 Å². The van der Waals surface area contributed by atoms with E-state index < -0.39 is 40.8 Å². The normalized spacial score (nSPS) is 13.5. The Morgan fingerprint density at radius 2 is 1.96 bits per heavy atom. The van der Waals surface area contributed by atoms with Crippen molar-refractivity contribution in [1.82, 2.24) is 10.3 Å². The molecule has 1 aromatic heterocycles. The van der Waals surface area contributed by atoms with E-state index in [0.29, 0.717) is 6.07 Å². The Morgan fingerprint density at radius 1 is 1.25 bits per heavy atom. The van der Waals surface area contributed by atoms with Crippen LogP contribution in [0.3, 0.4) is 0 Å². The summed E-state index contributed by atoms with van der Waals surface area (Å²) in [6.07, 6.45) is -3.03. The molecule has 1 aromatic carbocycles. The Balaban J connectivity index is 2.32. The van der Waals surface area contributed by atoms with E-state index in [-0.39, 0.29) is 17.1 Å². The summed E-state index contributed by atoms with van der Waals surface area (Å²) < 4.78 is 38.8. The molecule has 2 rings (SSSR count). The van der Waals surface area contributed by atoms with E-state index in [0.717, 1.165) is 29.5 Å². The molecule has 2 unspecified atom stereocenters. The molecule has 6 nitrogen and oxygen atoms in total. The number of amides is 2. The van der Waals surface area contributed by atoms with Crippen molar-refractivity contribution >= 4 is 45.7 Å². The first-order valence-corrected chi connectivity index (χ1v) is 9.31. The number of hydrogen-bond acceptors (Lipinski definition) is 5. The summed E-state index contributed by atoms with van der Waals surface area (Å²) in [5.74, 6) is -2.73. The lowest BCUT2D eigenvalue weighted by Gasteiger charge is -2.19. The van der Waals surface area contributed by atoms with Gasteiger partial charge in [-0.05, 0) is 18.6 Å². The predicted octanol–water partition coefficient (Wildman–Crippen LogP) is 3.49. The minimum Gasteiger partial charge on any atom is -0.337 e. The largest absolute Gasteiger partial charge is 0.416 e. The van der Waals surface area contributed by atoms with E-state index in [1.807, 2.05) is 0 Å². The average Bonchev–Trinajstić information content (AvgIpc) is 3.16. The number of ketones is 1. The van der Waals surface area contributed by atoms with Crippen molar-refractivity contribution in [2.24, 2.45) is 0 Å². The first kappa shape index (κ1) is 21.8. The van der Waals surface area contributed by atoms with Gasteiger partial charge in [0, 0.05) is 17.1 Å². The lowest BCUT2D eigenvalue weighted by atomic mass is 10.0. The number of aromatic nitrogens is 1. The van der Waals surface area contributed by atoms with Crippen LogP contribution in [0.1, 0.15) is 29.3 Å². The maximum Gasteiger partial charge on any atom is 0.416 e. The fourth-order valence-corrected chi connectivity index (χ4v) is 2.74. The molecular formula is C17H15ClF3N3O3S. The topological polar surface area (TPSA) is 88.2 Å². The minimum atomic E-state index is -4.67. The number of hydrogen-bond donors (Lipinski definition) is 2. The molecule has 0 aliphatic rings. The quantitative estimate of drug-likeness (QED) is 0.397. The number of rotatable bonds is 7. The number of nitrogens with zero attached hydrogens (tertiary/aromatic N) is 1. The fraction of sp³-hybridized carbons (Fsp3) is 0.294. The van der Waals surface area contributed by atoms with Gasteiger partial charge in [-0.3, -0.25) is 19.7 Å². The Bertz CT molecular complexity index is 859. The van der Waals surface area contributed by atoms with Crippen LogP contribution in [-0.4, -0.2) is 34.0 Å². The van der Waals surface area contributed by atoms with Crippen molar-refractivity contribution in [3.8, 4) is 0 Å². The van der Waals surface area contributed by atoms with E-state index in [2.05, 4.69) is 15.6 Å². The molecule has 150 valence electrons. The molecule has 28 heavy (non-hydrogen) atoms. The number of alkyl halides is 4. The van der Waals surface area contributed by atoms with E-state index in [1.165, 1.54) is 6.20 Å². The SMILES string of the molecule is CCC(Cl)C(=O)NC(C(=O)Nc1nccs1)C(=O)c1cccc(C(F)(F)F)c1. The molecule has 11 heteroatoms. The minimum absolute atomic E-state index is 0.166. The molecule has 0 spiro atoms. The average molecular weight is 434 g/mol. The highest BCUT2D eigenvalue weighted by Crippen LogP contribution is 2.29. The van der Waals surface area contributed by atoms with Gasteiger partial charge in [0.25, 0.3) is 5.91 Å². The summed E-state index contributed by atoms with van der Waals surface area (Å²) in [5, 5.41) is 5.28. The molecule has 0 aliphatic heterocycles. The molecule has 0 bridgehead atoms. The van der Waals surface area contributed by atoms with E-state index in [4.69, 9.17) is 11.6 Å². The lowest BCUT2D eigenvalue weighted by molar-refractivity contribution is -0.137. The van der Waals surface area contributed by atoms with Crippen molar-refractivity contribution in [2.75, 3.05) is 5.32 Å². The van der Waals surface area contributed by atoms with Crippen LogP contribution in [0.25, 0.3) is 0 Å². The number of carbonyl (C=O) groups excluding carboxylic acids is 3. The second kappa shape index (κ2) is 9.16. The zero-order chi connectivity index (χ0) is 20.9. The molecule has 0 fully saturated rings. The number of thiazole rings is 1. The molecule has 2 atom stereocenters. The summed E-state index contributed by atoms with van der Waals surface area (Å²) in [4.78, 5) is 41.2. The molecule has 1 heterocycles. The van der Waals surface area contributed by atoms with Crippen LogP contribution >= 0.6 is 22.9 Å². The predicted molar refractivity (Wildman–Crippen MR) is 98.4 cm³/mol. The number of halogens is 4. The van der Waals surface area contributed by atoms with Gasteiger partial charge in [-0.2, -0.15) is 13.2 Å².